The normalized spacial score (nSPS) is 11.8. The van der Waals surface area contributed by atoms with Crippen LogP contribution in [-0.4, -0.2) is 13.0 Å². The molecule has 0 spiro atoms. The van der Waals surface area contributed by atoms with Crippen LogP contribution in [0.1, 0.15) is 17.4 Å². The van der Waals surface area contributed by atoms with Gasteiger partial charge in [0.2, 0.25) is 5.91 Å². The highest BCUT2D eigenvalue weighted by Gasteiger charge is 2.07. The first-order valence-corrected chi connectivity index (χ1v) is 6.33. The third kappa shape index (κ3) is 2.24. The Morgan fingerprint density at radius 3 is 2.71 bits per heavy atom. The molecule has 2 aromatic rings. The molecule has 17 heavy (non-hydrogen) atoms. The maximum atomic E-state index is 11.5. The summed E-state index contributed by atoms with van der Waals surface area (Å²) in [6.45, 7) is 3.93. The van der Waals surface area contributed by atoms with Crippen molar-refractivity contribution in [2.75, 3.05) is 7.05 Å². The number of hydrogen-bond donors (Lipinski definition) is 1. The van der Waals surface area contributed by atoms with Crippen molar-refractivity contribution in [2.45, 2.75) is 13.8 Å². The van der Waals surface area contributed by atoms with E-state index in [-0.39, 0.29) is 5.91 Å². The molecule has 0 fully saturated rings. The maximum Gasteiger partial charge on any atom is 0.246 e. The van der Waals surface area contributed by atoms with Gasteiger partial charge in [-0.1, -0.05) is 18.2 Å². The van der Waals surface area contributed by atoms with Gasteiger partial charge >= 0.3 is 0 Å². The van der Waals surface area contributed by atoms with E-state index < -0.39 is 0 Å². The highest BCUT2D eigenvalue weighted by Crippen LogP contribution is 2.31. The number of fused-ring (bicyclic) bond motifs is 1. The van der Waals surface area contributed by atoms with Crippen molar-refractivity contribution in [1.82, 2.24) is 5.32 Å². The lowest BCUT2D eigenvalue weighted by Crippen LogP contribution is -2.18. The average Bonchev–Trinajstić information content (AvgIpc) is 2.66. The summed E-state index contributed by atoms with van der Waals surface area (Å²) in [6.07, 6.45) is 1.96. The van der Waals surface area contributed by atoms with Crippen LogP contribution in [0.4, 0.5) is 0 Å². The molecule has 0 aliphatic rings. The molecule has 3 heteroatoms. The SMILES string of the molecule is CNC(=O)C(C)=Cc1sc2ccccc2c1C. The van der Waals surface area contributed by atoms with E-state index in [9.17, 15) is 4.79 Å². The standard InChI is InChI=1S/C14H15NOS/c1-9(14(16)15-3)8-13-10(2)11-6-4-5-7-12(11)17-13/h4-8H,1-3H3,(H,15,16). The van der Waals surface area contributed by atoms with E-state index in [4.69, 9.17) is 0 Å². The van der Waals surface area contributed by atoms with Crippen molar-refractivity contribution in [3.63, 3.8) is 0 Å². The van der Waals surface area contributed by atoms with Gasteiger partial charge < -0.3 is 5.32 Å². The fourth-order valence-corrected chi connectivity index (χ4v) is 3.00. The largest absolute Gasteiger partial charge is 0.355 e. The lowest BCUT2D eigenvalue weighted by molar-refractivity contribution is -0.116. The molecule has 0 bridgehead atoms. The van der Waals surface area contributed by atoms with Gasteiger partial charge in [0.05, 0.1) is 0 Å². The highest BCUT2D eigenvalue weighted by atomic mass is 32.1. The number of rotatable bonds is 2. The summed E-state index contributed by atoms with van der Waals surface area (Å²) in [5.74, 6) is -0.0261. The van der Waals surface area contributed by atoms with Crippen molar-refractivity contribution < 1.29 is 4.79 Å². The maximum absolute atomic E-state index is 11.5. The van der Waals surface area contributed by atoms with Crippen LogP contribution in [0.2, 0.25) is 0 Å². The van der Waals surface area contributed by atoms with Gasteiger partial charge in [0.25, 0.3) is 0 Å². The average molecular weight is 245 g/mol. The minimum atomic E-state index is -0.0261. The lowest BCUT2D eigenvalue weighted by Gasteiger charge is -1.98. The number of carbonyl (C=O) groups is 1. The second-order valence-electron chi connectivity index (χ2n) is 3.99. The van der Waals surface area contributed by atoms with E-state index in [1.807, 2.05) is 25.1 Å². The number of amides is 1. The molecule has 1 N–H and O–H groups in total. The summed E-state index contributed by atoms with van der Waals surface area (Å²) in [7, 11) is 1.65. The first-order valence-electron chi connectivity index (χ1n) is 5.52. The van der Waals surface area contributed by atoms with Crippen molar-refractivity contribution in [1.29, 1.82) is 0 Å². The smallest absolute Gasteiger partial charge is 0.246 e. The molecule has 1 aromatic heterocycles. The Kier molecular flexibility index (Phi) is 3.29. The van der Waals surface area contributed by atoms with Crippen molar-refractivity contribution >= 4 is 33.4 Å². The van der Waals surface area contributed by atoms with Gasteiger partial charge in [-0.2, -0.15) is 0 Å². The van der Waals surface area contributed by atoms with E-state index in [2.05, 4.69) is 24.4 Å². The molecule has 2 rings (SSSR count). The van der Waals surface area contributed by atoms with Gasteiger partial charge in [-0.3, -0.25) is 4.79 Å². The molecule has 0 aliphatic carbocycles. The number of carbonyl (C=O) groups excluding carboxylic acids is 1. The number of aryl methyl sites for hydroxylation is 1. The van der Waals surface area contributed by atoms with Gasteiger partial charge in [0, 0.05) is 22.2 Å². The molecule has 88 valence electrons. The summed E-state index contributed by atoms with van der Waals surface area (Å²) >= 11 is 1.72. The van der Waals surface area contributed by atoms with Crippen molar-refractivity contribution in [2.24, 2.45) is 0 Å². The predicted octanol–water partition coefficient (Wildman–Crippen LogP) is 3.36. The van der Waals surface area contributed by atoms with E-state index in [1.54, 1.807) is 18.4 Å². The van der Waals surface area contributed by atoms with Gasteiger partial charge in [0.15, 0.2) is 0 Å². The number of likely N-dealkylation sites (N-methyl/N-ethyl adjacent to an activating group) is 1. The summed E-state index contributed by atoms with van der Waals surface area (Å²) in [5, 5.41) is 3.91. The van der Waals surface area contributed by atoms with E-state index in [1.165, 1.54) is 15.6 Å². The molecule has 0 saturated heterocycles. The van der Waals surface area contributed by atoms with Crippen LogP contribution in [0.3, 0.4) is 0 Å². The van der Waals surface area contributed by atoms with Crippen LogP contribution in [0.15, 0.2) is 29.8 Å². The van der Waals surface area contributed by atoms with E-state index in [0.717, 1.165) is 10.5 Å². The Bertz CT molecular complexity index is 595. The molecule has 2 nitrogen and oxygen atoms in total. The third-order valence-corrected chi connectivity index (χ3v) is 4.03. The predicted molar refractivity (Wildman–Crippen MR) is 74.3 cm³/mol. The molecule has 0 saturated carbocycles. The summed E-state index contributed by atoms with van der Waals surface area (Å²) in [6, 6.07) is 8.31. The molecule has 1 heterocycles. The Hall–Kier alpha value is -1.61. The third-order valence-electron chi connectivity index (χ3n) is 2.81. The van der Waals surface area contributed by atoms with Crippen molar-refractivity contribution in [3.8, 4) is 0 Å². The quantitative estimate of drug-likeness (QED) is 0.808. The molecular weight excluding hydrogens is 230 g/mol. The van der Waals surface area contributed by atoms with Gasteiger partial charge in [-0.05, 0) is 36.9 Å². The van der Waals surface area contributed by atoms with Gasteiger partial charge in [-0.25, -0.2) is 0 Å². The molecule has 0 atom stereocenters. The first kappa shape index (κ1) is 11.9. The topological polar surface area (TPSA) is 29.1 Å². The Morgan fingerprint density at radius 1 is 1.35 bits per heavy atom. The molecule has 0 unspecified atom stereocenters. The van der Waals surface area contributed by atoms with Gasteiger partial charge in [-0.15, -0.1) is 11.3 Å². The van der Waals surface area contributed by atoms with Crippen LogP contribution >= 0.6 is 11.3 Å². The zero-order chi connectivity index (χ0) is 12.4. The summed E-state index contributed by atoms with van der Waals surface area (Å²) < 4.78 is 1.26. The van der Waals surface area contributed by atoms with Crippen LogP contribution in [0.5, 0.6) is 0 Å². The molecule has 0 aliphatic heterocycles. The number of hydrogen-bond acceptors (Lipinski definition) is 2. The van der Waals surface area contributed by atoms with Gasteiger partial charge in [0.1, 0.15) is 0 Å². The molecule has 1 amide bonds. The van der Waals surface area contributed by atoms with Crippen LogP contribution in [0.25, 0.3) is 16.2 Å². The number of benzene rings is 1. The zero-order valence-corrected chi connectivity index (χ0v) is 11.0. The second kappa shape index (κ2) is 4.72. The van der Waals surface area contributed by atoms with E-state index >= 15 is 0 Å². The summed E-state index contributed by atoms with van der Waals surface area (Å²) in [5.41, 5.74) is 1.98. The fourth-order valence-electron chi connectivity index (χ4n) is 1.79. The Balaban J connectivity index is 2.50. The van der Waals surface area contributed by atoms with E-state index in [0.29, 0.717) is 0 Å². The summed E-state index contributed by atoms with van der Waals surface area (Å²) in [4.78, 5) is 12.6. The van der Waals surface area contributed by atoms with Crippen molar-refractivity contribution in [3.05, 3.63) is 40.3 Å². The number of nitrogens with one attached hydrogen (secondary N) is 1. The highest BCUT2D eigenvalue weighted by molar-refractivity contribution is 7.20. The fraction of sp³-hybridized carbons (Fsp3) is 0.214. The van der Waals surface area contributed by atoms with Crippen LogP contribution < -0.4 is 5.32 Å². The molecule has 0 radical (unpaired) electrons. The Morgan fingerprint density at radius 2 is 2.06 bits per heavy atom. The number of thiophene rings is 1. The monoisotopic (exact) mass is 245 g/mol. The minimum absolute atomic E-state index is 0.0261. The lowest BCUT2D eigenvalue weighted by atomic mass is 10.1. The second-order valence-corrected chi connectivity index (χ2v) is 5.08. The zero-order valence-electron chi connectivity index (χ0n) is 10.2. The first-order chi connectivity index (χ1) is 8.13. The molecule has 1 aromatic carbocycles. The van der Waals surface area contributed by atoms with Crippen LogP contribution in [-0.2, 0) is 4.79 Å². The Labute approximate surface area is 105 Å². The van der Waals surface area contributed by atoms with Crippen LogP contribution in [0, 0.1) is 6.92 Å². The molecular formula is C14H15NOS. The minimum Gasteiger partial charge on any atom is -0.355 e.